The van der Waals surface area contributed by atoms with Gasteiger partial charge in [-0.2, -0.15) is 0 Å². The number of benzene rings is 1. The summed E-state index contributed by atoms with van der Waals surface area (Å²) in [5.74, 6) is -2.13. The molecule has 1 aliphatic rings. The molecule has 0 aromatic heterocycles. The highest BCUT2D eigenvalue weighted by Crippen LogP contribution is 2.43. The Hall–Kier alpha value is -1.69. The first-order valence-electron chi connectivity index (χ1n) is 5.18. The fourth-order valence-electron chi connectivity index (χ4n) is 1.87. The number of hydrogen-bond acceptors (Lipinski definition) is 3. The lowest BCUT2D eigenvalue weighted by molar-refractivity contribution is -0.144. The lowest BCUT2D eigenvalue weighted by Crippen LogP contribution is -2.29. The zero-order valence-corrected chi connectivity index (χ0v) is 10.6. The maximum atomic E-state index is 13.6. The molecule has 1 aromatic carbocycles. The van der Waals surface area contributed by atoms with Crippen LogP contribution in [0.3, 0.4) is 0 Å². The van der Waals surface area contributed by atoms with Crippen molar-refractivity contribution in [1.29, 1.82) is 0 Å². The Morgan fingerprint density at radius 3 is 2.44 bits per heavy atom. The van der Waals surface area contributed by atoms with Crippen molar-refractivity contribution in [3.8, 4) is 0 Å². The van der Waals surface area contributed by atoms with Crippen LogP contribution in [0, 0.1) is 11.2 Å². The molecule has 2 rings (SSSR count). The molecule has 0 radical (unpaired) electrons. The minimum Gasteiger partial charge on any atom is -0.481 e. The SMILES string of the molecule is CC(C)(C(=O)O)C1=Cc2cccc(F)c2S1(=O)=O. The second-order valence-corrected chi connectivity index (χ2v) is 6.46. The van der Waals surface area contributed by atoms with Crippen molar-refractivity contribution in [1.82, 2.24) is 0 Å². The number of aliphatic carboxylic acids is 1. The highest BCUT2D eigenvalue weighted by atomic mass is 32.2. The summed E-state index contributed by atoms with van der Waals surface area (Å²) in [6.07, 6.45) is 1.22. The number of carboxylic acid groups (broad SMARTS) is 1. The van der Waals surface area contributed by atoms with E-state index in [9.17, 15) is 17.6 Å². The Balaban J connectivity index is 2.73. The van der Waals surface area contributed by atoms with Crippen LogP contribution in [0.5, 0.6) is 0 Å². The second-order valence-electron chi connectivity index (χ2n) is 4.60. The molecule has 0 aliphatic carbocycles. The van der Waals surface area contributed by atoms with Gasteiger partial charge in [-0.1, -0.05) is 12.1 Å². The summed E-state index contributed by atoms with van der Waals surface area (Å²) in [6, 6.07) is 3.87. The molecular weight excluding hydrogens is 259 g/mol. The van der Waals surface area contributed by atoms with Crippen LogP contribution in [0.15, 0.2) is 28.0 Å². The van der Waals surface area contributed by atoms with E-state index in [2.05, 4.69) is 0 Å². The van der Waals surface area contributed by atoms with Gasteiger partial charge in [0.1, 0.15) is 10.7 Å². The smallest absolute Gasteiger partial charge is 0.314 e. The molecule has 1 aliphatic heterocycles. The fourth-order valence-corrected chi connectivity index (χ4v) is 3.90. The van der Waals surface area contributed by atoms with Crippen LogP contribution >= 0.6 is 0 Å². The van der Waals surface area contributed by atoms with Crippen molar-refractivity contribution in [3.05, 3.63) is 34.5 Å². The van der Waals surface area contributed by atoms with Crippen LogP contribution in [-0.4, -0.2) is 19.5 Å². The second kappa shape index (κ2) is 3.65. The summed E-state index contributed by atoms with van der Waals surface area (Å²) in [4.78, 5) is 10.4. The normalized spacial score (nSPS) is 17.2. The van der Waals surface area contributed by atoms with Crippen molar-refractivity contribution in [3.63, 3.8) is 0 Å². The molecular formula is C12H11FO4S. The summed E-state index contributed by atoms with van der Waals surface area (Å²) in [7, 11) is -4.07. The third-order valence-electron chi connectivity index (χ3n) is 2.99. The predicted molar refractivity (Wildman–Crippen MR) is 63.0 cm³/mol. The summed E-state index contributed by atoms with van der Waals surface area (Å²) in [6.45, 7) is 2.56. The quantitative estimate of drug-likeness (QED) is 0.893. The molecule has 0 fully saturated rings. The number of sulfone groups is 1. The van der Waals surface area contributed by atoms with Crippen LogP contribution in [0.25, 0.3) is 6.08 Å². The van der Waals surface area contributed by atoms with Crippen molar-refractivity contribution >= 4 is 21.9 Å². The van der Waals surface area contributed by atoms with Gasteiger partial charge in [0.15, 0.2) is 0 Å². The Morgan fingerprint density at radius 1 is 1.33 bits per heavy atom. The van der Waals surface area contributed by atoms with E-state index in [1.54, 1.807) is 0 Å². The van der Waals surface area contributed by atoms with Gasteiger partial charge in [0.2, 0.25) is 9.84 Å². The van der Waals surface area contributed by atoms with Crippen molar-refractivity contribution in [2.24, 2.45) is 5.41 Å². The molecule has 0 unspecified atom stereocenters. The van der Waals surface area contributed by atoms with E-state index >= 15 is 0 Å². The predicted octanol–water partition coefficient (Wildman–Crippen LogP) is 2.06. The number of carboxylic acids is 1. The third kappa shape index (κ3) is 1.56. The first-order valence-corrected chi connectivity index (χ1v) is 6.66. The average molecular weight is 270 g/mol. The van der Waals surface area contributed by atoms with Crippen LogP contribution in [0.1, 0.15) is 19.4 Å². The maximum Gasteiger partial charge on any atom is 0.314 e. The molecule has 0 saturated carbocycles. The summed E-state index contributed by atoms with van der Waals surface area (Å²) in [5, 5.41) is 9.08. The Bertz CT molecular complexity index is 671. The van der Waals surface area contributed by atoms with E-state index in [1.165, 1.54) is 32.1 Å². The Labute approximate surface area is 104 Å². The standard InChI is InChI=1S/C12H11FO4S/c1-12(2,11(14)15)9-6-7-4-3-5-8(13)10(7)18(9,16)17/h3-6H,1-2H3,(H,14,15). The number of hydrogen-bond donors (Lipinski definition) is 1. The van der Waals surface area contributed by atoms with Crippen molar-refractivity contribution in [2.75, 3.05) is 0 Å². The van der Waals surface area contributed by atoms with Crippen molar-refractivity contribution < 1.29 is 22.7 Å². The highest BCUT2D eigenvalue weighted by Gasteiger charge is 2.45. The topological polar surface area (TPSA) is 71.4 Å². The van der Waals surface area contributed by atoms with Gasteiger partial charge in [-0.05, 0) is 31.6 Å². The maximum absolute atomic E-state index is 13.6. The largest absolute Gasteiger partial charge is 0.481 e. The van der Waals surface area contributed by atoms with Crippen LogP contribution in [-0.2, 0) is 14.6 Å². The van der Waals surface area contributed by atoms with Gasteiger partial charge in [0, 0.05) is 0 Å². The molecule has 1 heterocycles. The summed E-state index contributed by atoms with van der Waals surface area (Å²) >= 11 is 0. The molecule has 0 amide bonds. The minimum absolute atomic E-state index is 0.194. The van der Waals surface area contributed by atoms with Gasteiger partial charge in [-0.25, -0.2) is 12.8 Å². The number of rotatable bonds is 2. The molecule has 0 bridgehead atoms. The molecule has 0 atom stereocenters. The molecule has 0 saturated heterocycles. The van der Waals surface area contributed by atoms with Crippen LogP contribution in [0.4, 0.5) is 4.39 Å². The van der Waals surface area contributed by atoms with E-state index < -0.39 is 31.9 Å². The lowest BCUT2D eigenvalue weighted by Gasteiger charge is -2.20. The van der Waals surface area contributed by atoms with E-state index in [4.69, 9.17) is 5.11 Å². The molecule has 6 heteroatoms. The summed E-state index contributed by atoms with van der Waals surface area (Å²) in [5.41, 5.74) is -1.40. The number of halogens is 1. The first-order chi connectivity index (χ1) is 8.19. The Kier molecular flexibility index (Phi) is 2.59. The zero-order valence-electron chi connectivity index (χ0n) is 9.77. The van der Waals surface area contributed by atoms with Crippen molar-refractivity contribution in [2.45, 2.75) is 18.7 Å². The first kappa shape index (κ1) is 12.8. The van der Waals surface area contributed by atoms with E-state index in [-0.39, 0.29) is 10.5 Å². The molecule has 18 heavy (non-hydrogen) atoms. The number of carbonyl (C=O) groups is 1. The molecule has 4 nitrogen and oxygen atoms in total. The van der Waals surface area contributed by atoms with Crippen LogP contribution in [0.2, 0.25) is 0 Å². The van der Waals surface area contributed by atoms with Gasteiger partial charge in [0.25, 0.3) is 0 Å². The Morgan fingerprint density at radius 2 is 1.94 bits per heavy atom. The fraction of sp³-hybridized carbons (Fsp3) is 0.250. The van der Waals surface area contributed by atoms with Gasteiger partial charge < -0.3 is 5.11 Å². The average Bonchev–Trinajstić information content (AvgIpc) is 2.52. The third-order valence-corrected chi connectivity index (χ3v) is 5.17. The van der Waals surface area contributed by atoms with E-state index in [0.29, 0.717) is 0 Å². The lowest BCUT2D eigenvalue weighted by atomic mass is 9.92. The summed E-state index contributed by atoms with van der Waals surface area (Å²) < 4.78 is 38.0. The molecule has 0 spiro atoms. The van der Waals surface area contributed by atoms with Gasteiger partial charge >= 0.3 is 5.97 Å². The molecule has 1 aromatic rings. The molecule has 1 N–H and O–H groups in total. The van der Waals surface area contributed by atoms with Crippen LogP contribution < -0.4 is 0 Å². The van der Waals surface area contributed by atoms with Gasteiger partial charge in [0.05, 0.1) is 10.3 Å². The van der Waals surface area contributed by atoms with E-state index in [1.807, 2.05) is 0 Å². The molecule has 96 valence electrons. The number of fused-ring (bicyclic) bond motifs is 1. The van der Waals surface area contributed by atoms with Gasteiger partial charge in [-0.3, -0.25) is 4.79 Å². The zero-order chi connectivity index (χ0) is 13.7. The van der Waals surface area contributed by atoms with Gasteiger partial charge in [-0.15, -0.1) is 0 Å². The monoisotopic (exact) mass is 270 g/mol. The van der Waals surface area contributed by atoms with E-state index in [0.717, 1.165) is 6.07 Å². The minimum atomic E-state index is -4.07. The highest BCUT2D eigenvalue weighted by molar-refractivity contribution is 7.96.